The molecule has 1 atom stereocenters. The van der Waals surface area contributed by atoms with Gasteiger partial charge in [-0.3, -0.25) is 4.79 Å². The van der Waals surface area contributed by atoms with Crippen molar-refractivity contribution in [1.82, 2.24) is 14.9 Å². The summed E-state index contributed by atoms with van der Waals surface area (Å²) in [6.45, 7) is 1.90. The average molecular weight is 341 g/mol. The monoisotopic (exact) mass is 341 g/mol. The molecule has 124 valence electrons. The molecule has 2 heterocycles. The van der Waals surface area contributed by atoms with Gasteiger partial charge in [-0.25, -0.2) is 4.98 Å². The molecule has 1 unspecified atom stereocenters. The van der Waals surface area contributed by atoms with E-state index in [1.54, 1.807) is 24.3 Å². The zero-order valence-corrected chi connectivity index (χ0v) is 13.2. The number of amides is 1. The van der Waals surface area contributed by atoms with Gasteiger partial charge in [-0.05, 0) is 30.3 Å². The van der Waals surface area contributed by atoms with Crippen LogP contribution in [0.2, 0.25) is 0 Å². The third-order valence-electron chi connectivity index (χ3n) is 3.73. The van der Waals surface area contributed by atoms with Crippen molar-refractivity contribution in [3.05, 3.63) is 24.3 Å². The molecule has 3 rings (SSSR count). The van der Waals surface area contributed by atoms with Gasteiger partial charge in [0.05, 0.1) is 17.6 Å². The number of thioether (sulfide) groups is 1. The van der Waals surface area contributed by atoms with Crippen LogP contribution in [0.4, 0.5) is 8.78 Å². The van der Waals surface area contributed by atoms with E-state index < -0.39 is 5.76 Å². The number of halogens is 2. The SMILES string of the molecule is O=C(Cn1c(SC(F)F)nc2ccccc21)NCC1CCOC1. The number of carbonyl (C=O) groups is 1. The molecule has 1 N–H and O–H groups in total. The minimum absolute atomic E-state index is 0.0247. The maximum absolute atomic E-state index is 12.7. The molecule has 23 heavy (non-hydrogen) atoms. The second-order valence-corrected chi connectivity index (χ2v) is 6.34. The zero-order valence-electron chi connectivity index (χ0n) is 12.4. The lowest BCUT2D eigenvalue weighted by Gasteiger charge is -2.11. The number of alkyl halides is 2. The Kier molecular flexibility index (Phi) is 5.12. The highest BCUT2D eigenvalue weighted by Gasteiger charge is 2.19. The molecule has 5 nitrogen and oxygen atoms in total. The van der Waals surface area contributed by atoms with Crippen molar-refractivity contribution in [3.63, 3.8) is 0 Å². The lowest BCUT2D eigenvalue weighted by Crippen LogP contribution is -2.32. The summed E-state index contributed by atoms with van der Waals surface area (Å²) in [6, 6.07) is 7.10. The average Bonchev–Trinajstić information content (AvgIpc) is 3.14. The van der Waals surface area contributed by atoms with Gasteiger partial charge in [-0.15, -0.1) is 0 Å². The number of aromatic nitrogens is 2. The first-order valence-corrected chi connectivity index (χ1v) is 8.26. The normalized spacial score (nSPS) is 18.0. The summed E-state index contributed by atoms with van der Waals surface area (Å²) in [5.74, 6) is -2.46. The van der Waals surface area contributed by atoms with Crippen LogP contribution in [0.25, 0.3) is 11.0 Å². The van der Waals surface area contributed by atoms with Crippen LogP contribution in [0, 0.1) is 5.92 Å². The van der Waals surface area contributed by atoms with Crippen molar-refractivity contribution >= 4 is 28.7 Å². The van der Waals surface area contributed by atoms with Gasteiger partial charge in [-0.2, -0.15) is 8.78 Å². The van der Waals surface area contributed by atoms with Gasteiger partial charge in [0.15, 0.2) is 5.16 Å². The van der Waals surface area contributed by atoms with Crippen LogP contribution in [-0.4, -0.2) is 41.0 Å². The van der Waals surface area contributed by atoms with E-state index in [9.17, 15) is 13.6 Å². The Balaban J connectivity index is 1.73. The molecule has 8 heteroatoms. The Bertz CT molecular complexity index is 686. The largest absolute Gasteiger partial charge is 0.381 e. The number of carbonyl (C=O) groups excluding carboxylic acids is 1. The van der Waals surface area contributed by atoms with E-state index >= 15 is 0 Å². The number of nitrogens with zero attached hydrogens (tertiary/aromatic N) is 2. The van der Waals surface area contributed by atoms with Crippen LogP contribution >= 0.6 is 11.8 Å². The predicted octanol–water partition coefficient (Wildman–Crippen LogP) is 2.50. The molecule has 1 fully saturated rings. The molecular weight excluding hydrogens is 324 g/mol. The van der Waals surface area contributed by atoms with E-state index in [4.69, 9.17) is 4.74 Å². The van der Waals surface area contributed by atoms with Gasteiger partial charge in [0, 0.05) is 19.1 Å². The fraction of sp³-hybridized carbons (Fsp3) is 0.467. The first kappa shape index (κ1) is 16.2. The van der Waals surface area contributed by atoms with E-state index in [0.29, 0.717) is 41.9 Å². The first-order chi connectivity index (χ1) is 11.1. The third-order valence-corrected chi connectivity index (χ3v) is 4.43. The number of fused-ring (bicyclic) bond motifs is 1. The quantitative estimate of drug-likeness (QED) is 0.820. The summed E-state index contributed by atoms with van der Waals surface area (Å²) in [6.07, 6.45) is 0.931. The van der Waals surface area contributed by atoms with Crippen molar-refractivity contribution in [2.45, 2.75) is 23.9 Å². The lowest BCUT2D eigenvalue weighted by molar-refractivity contribution is -0.121. The molecule has 0 aliphatic carbocycles. The Hall–Kier alpha value is -1.67. The molecule has 1 aromatic heterocycles. The summed E-state index contributed by atoms with van der Waals surface area (Å²) >= 11 is 0.355. The Morgan fingerprint density at radius 1 is 1.48 bits per heavy atom. The molecule has 1 amide bonds. The third kappa shape index (κ3) is 4.00. The van der Waals surface area contributed by atoms with Crippen LogP contribution in [0.3, 0.4) is 0 Å². The molecule has 2 aromatic rings. The van der Waals surface area contributed by atoms with E-state index in [-0.39, 0.29) is 17.6 Å². The Labute approximate surface area is 136 Å². The van der Waals surface area contributed by atoms with Crippen molar-refractivity contribution in [2.24, 2.45) is 5.92 Å². The number of imidazole rings is 1. The van der Waals surface area contributed by atoms with Crippen molar-refractivity contribution in [2.75, 3.05) is 19.8 Å². The van der Waals surface area contributed by atoms with E-state index in [1.165, 1.54) is 4.57 Å². The molecule has 1 aliphatic heterocycles. The van der Waals surface area contributed by atoms with Crippen LogP contribution in [0.1, 0.15) is 6.42 Å². The van der Waals surface area contributed by atoms with Gasteiger partial charge < -0.3 is 14.6 Å². The Morgan fingerprint density at radius 3 is 3.04 bits per heavy atom. The fourth-order valence-corrected chi connectivity index (χ4v) is 3.18. The van der Waals surface area contributed by atoms with Crippen molar-refractivity contribution in [1.29, 1.82) is 0 Å². The topological polar surface area (TPSA) is 56.2 Å². The molecule has 0 saturated carbocycles. The molecule has 1 saturated heterocycles. The highest BCUT2D eigenvalue weighted by Crippen LogP contribution is 2.28. The minimum Gasteiger partial charge on any atom is -0.381 e. The van der Waals surface area contributed by atoms with Gasteiger partial charge in [0.1, 0.15) is 6.54 Å². The van der Waals surface area contributed by atoms with Gasteiger partial charge in [-0.1, -0.05) is 12.1 Å². The van der Waals surface area contributed by atoms with E-state index in [2.05, 4.69) is 10.3 Å². The molecule has 1 aromatic carbocycles. The second kappa shape index (κ2) is 7.27. The highest BCUT2D eigenvalue weighted by molar-refractivity contribution is 7.99. The summed E-state index contributed by atoms with van der Waals surface area (Å²) < 4.78 is 32.2. The van der Waals surface area contributed by atoms with Gasteiger partial charge >= 0.3 is 0 Å². The van der Waals surface area contributed by atoms with Crippen LogP contribution in [0.15, 0.2) is 29.4 Å². The second-order valence-electron chi connectivity index (χ2n) is 5.38. The molecule has 0 spiro atoms. The number of para-hydroxylation sites is 2. The van der Waals surface area contributed by atoms with Crippen molar-refractivity contribution < 1.29 is 18.3 Å². The van der Waals surface area contributed by atoms with E-state index in [0.717, 1.165) is 13.0 Å². The molecule has 0 radical (unpaired) electrons. The standard InChI is InChI=1S/C15H17F2N3O2S/c16-14(17)23-15-19-11-3-1-2-4-12(11)20(15)8-13(21)18-7-10-5-6-22-9-10/h1-4,10,14H,5-9H2,(H,18,21). The maximum Gasteiger partial charge on any atom is 0.291 e. The first-order valence-electron chi connectivity index (χ1n) is 7.38. The van der Waals surface area contributed by atoms with Crippen molar-refractivity contribution in [3.8, 4) is 0 Å². The smallest absolute Gasteiger partial charge is 0.291 e. The van der Waals surface area contributed by atoms with Gasteiger partial charge in [0.25, 0.3) is 5.76 Å². The molecule has 0 bridgehead atoms. The number of benzene rings is 1. The number of hydrogen-bond acceptors (Lipinski definition) is 4. The van der Waals surface area contributed by atoms with E-state index in [1.807, 2.05) is 0 Å². The number of hydrogen-bond donors (Lipinski definition) is 1. The molecule has 1 aliphatic rings. The maximum atomic E-state index is 12.7. The van der Waals surface area contributed by atoms with Gasteiger partial charge in [0.2, 0.25) is 5.91 Å². The number of rotatable bonds is 6. The number of nitrogens with one attached hydrogen (secondary N) is 1. The van der Waals surface area contributed by atoms with Crippen LogP contribution < -0.4 is 5.32 Å². The summed E-state index contributed by atoms with van der Waals surface area (Å²) in [4.78, 5) is 16.3. The van der Waals surface area contributed by atoms with Crippen LogP contribution in [0.5, 0.6) is 0 Å². The Morgan fingerprint density at radius 2 is 2.30 bits per heavy atom. The zero-order chi connectivity index (χ0) is 16.2. The van der Waals surface area contributed by atoms with Crippen LogP contribution in [-0.2, 0) is 16.1 Å². The highest BCUT2D eigenvalue weighted by atomic mass is 32.2. The summed E-state index contributed by atoms with van der Waals surface area (Å²) in [5, 5.41) is 3.00. The predicted molar refractivity (Wildman–Crippen MR) is 83.5 cm³/mol. The fourth-order valence-electron chi connectivity index (χ4n) is 2.58. The number of ether oxygens (including phenoxy) is 1. The molecular formula is C15H17F2N3O2S. The summed E-state index contributed by atoms with van der Waals surface area (Å²) in [7, 11) is 0. The summed E-state index contributed by atoms with van der Waals surface area (Å²) in [5.41, 5.74) is 1.28. The lowest BCUT2D eigenvalue weighted by atomic mass is 10.1. The minimum atomic E-state index is -2.58.